The molecule has 0 radical (unpaired) electrons. The summed E-state index contributed by atoms with van der Waals surface area (Å²) in [6, 6.07) is 5.68. The van der Waals surface area contributed by atoms with Crippen molar-refractivity contribution in [3.05, 3.63) is 35.0 Å². The van der Waals surface area contributed by atoms with Crippen LogP contribution in [0.5, 0.6) is 0 Å². The highest BCUT2D eigenvalue weighted by molar-refractivity contribution is 7.89. The molecule has 122 valence electrons. The summed E-state index contributed by atoms with van der Waals surface area (Å²) in [5.41, 5.74) is 1.73. The molecule has 0 saturated carbocycles. The van der Waals surface area contributed by atoms with Gasteiger partial charge in [0, 0.05) is 34.1 Å². The van der Waals surface area contributed by atoms with Gasteiger partial charge in [0.05, 0.1) is 5.75 Å². The van der Waals surface area contributed by atoms with Crippen LogP contribution in [0.25, 0.3) is 10.9 Å². The predicted octanol–water partition coefficient (Wildman–Crippen LogP) is 3.82. The molecule has 0 saturated heterocycles. The summed E-state index contributed by atoms with van der Waals surface area (Å²) in [4.78, 5) is 3.22. The van der Waals surface area contributed by atoms with Gasteiger partial charge in [0.2, 0.25) is 10.0 Å². The molecule has 0 aliphatic carbocycles. The maximum atomic E-state index is 12.0. The van der Waals surface area contributed by atoms with Crippen LogP contribution in [0.2, 0.25) is 5.02 Å². The van der Waals surface area contributed by atoms with Crippen molar-refractivity contribution in [1.29, 1.82) is 0 Å². The molecule has 0 aliphatic rings. The number of H-pyrrole nitrogens is 1. The Balaban J connectivity index is 2.20. The lowest BCUT2D eigenvalue weighted by atomic mass is 9.85. The van der Waals surface area contributed by atoms with Gasteiger partial charge in [-0.2, -0.15) is 0 Å². The van der Waals surface area contributed by atoms with E-state index >= 15 is 0 Å². The number of halogens is 1. The SMILES string of the molecule is CCCCS(=O)(=O)NCC(C)(C)c1c[nH]c2ccc(Cl)cc12. The number of aromatic amines is 1. The number of hydrogen-bond donors (Lipinski definition) is 2. The quantitative estimate of drug-likeness (QED) is 0.803. The van der Waals surface area contributed by atoms with E-state index in [0.717, 1.165) is 22.9 Å². The van der Waals surface area contributed by atoms with E-state index in [1.54, 1.807) is 0 Å². The fourth-order valence-electron chi connectivity index (χ4n) is 2.44. The lowest BCUT2D eigenvalue weighted by molar-refractivity contribution is 0.504. The number of unbranched alkanes of at least 4 members (excludes halogenated alkanes) is 1. The van der Waals surface area contributed by atoms with E-state index in [-0.39, 0.29) is 11.2 Å². The molecule has 6 heteroatoms. The van der Waals surface area contributed by atoms with Crippen LogP contribution in [-0.4, -0.2) is 25.7 Å². The van der Waals surface area contributed by atoms with Gasteiger partial charge < -0.3 is 4.98 Å². The van der Waals surface area contributed by atoms with Crippen LogP contribution in [0.4, 0.5) is 0 Å². The van der Waals surface area contributed by atoms with Crippen molar-refractivity contribution in [3.63, 3.8) is 0 Å². The topological polar surface area (TPSA) is 62.0 Å². The zero-order valence-electron chi connectivity index (χ0n) is 13.2. The monoisotopic (exact) mass is 342 g/mol. The van der Waals surface area contributed by atoms with Gasteiger partial charge in [-0.3, -0.25) is 0 Å². The first-order valence-corrected chi connectivity index (χ1v) is 9.52. The molecule has 2 aromatic rings. The van der Waals surface area contributed by atoms with Crippen molar-refractivity contribution in [2.75, 3.05) is 12.3 Å². The standard InChI is InChI=1S/C16H23ClN2O2S/c1-4-5-8-22(20,21)19-11-16(2,3)14-10-18-15-7-6-12(17)9-13(14)15/h6-7,9-10,18-19H,4-5,8,11H2,1-3H3. The molecule has 1 heterocycles. The average molecular weight is 343 g/mol. The normalized spacial score (nSPS) is 12.9. The first-order valence-electron chi connectivity index (χ1n) is 7.49. The molecule has 0 unspecified atom stereocenters. The van der Waals surface area contributed by atoms with Crippen molar-refractivity contribution in [1.82, 2.24) is 9.71 Å². The zero-order valence-corrected chi connectivity index (χ0v) is 14.8. The van der Waals surface area contributed by atoms with Gasteiger partial charge in [-0.1, -0.05) is 38.8 Å². The van der Waals surface area contributed by atoms with Gasteiger partial charge >= 0.3 is 0 Å². The number of hydrogen-bond acceptors (Lipinski definition) is 2. The Bertz CT molecular complexity index is 751. The van der Waals surface area contributed by atoms with Crippen LogP contribution >= 0.6 is 11.6 Å². The van der Waals surface area contributed by atoms with Gasteiger partial charge in [0.1, 0.15) is 0 Å². The Hall–Kier alpha value is -1.04. The third-order valence-corrected chi connectivity index (χ3v) is 5.52. The maximum absolute atomic E-state index is 12.0. The number of fused-ring (bicyclic) bond motifs is 1. The third-order valence-electron chi connectivity index (χ3n) is 3.87. The van der Waals surface area contributed by atoms with Gasteiger partial charge in [0.25, 0.3) is 0 Å². The van der Waals surface area contributed by atoms with Gasteiger partial charge in [-0.25, -0.2) is 13.1 Å². The second-order valence-electron chi connectivity index (χ2n) is 6.27. The smallest absolute Gasteiger partial charge is 0.211 e. The first-order chi connectivity index (χ1) is 10.2. The molecule has 22 heavy (non-hydrogen) atoms. The largest absolute Gasteiger partial charge is 0.361 e. The molecule has 1 aromatic heterocycles. The molecule has 4 nitrogen and oxygen atoms in total. The summed E-state index contributed by atoms with van der Waals surface area (Å²) in [7, 11) is -3.22. The molecule has 0 bridgehead atoms. The summed E-state index contributed by atoms with van der Waals surface area (Å²) < 4.78 is 26.7. The van der Waals surface area contributed by atoms with Crippen LogP contribution < -0.4 is 4.72 Å². The Morgan fingerprint density at radius 1 is 1.32 bits per heavy atom. The highest BCUT2D eigenvalue weighted by Gasteiger charge is 2.26. The summed E-state index contributed by atoms with van der Waals surface area (Å²) in [5, 5.41) is 1.71. The van der Waals surface area contributed by atoms with Crippen LogP contribution in [0, 0.1) is 0 Å². The minimum Gasteiger partial charge on any atom is -0.361 e. The zero-order chi connectivity index (χ0) is 16.4. The van der Waals surface area contributed by atoms with Crippen molar-refractivity contribution in [2.24, 2.45) is 0 Å². The molecule has 2 N–H and O–H groups in total. The molecule has 0 amide bonds. The van der Waals surface area contributed by atoms with Crippen molar-refractivity contribution < 1.29 is 8.42 Å². The van der Waals surface area contributed by atoms with Gasteiger partial charge in [-0.05, 0) is 30.2 Å². The highest BCUT2D eigenvalue weighted by Crippen LogP contribution is 2.31. The summed E-state index contributed by atoms with van der Waals surface area (Å²) >= 11 is 6.08. The van der Waals surface area contributed by atoms with E-state index in [4.69, 9.17) is 11.6 Å². The fourth-order valence-corrected chi connectivity index (χ4v) is 4.01. The first kappa shape index (κ1) is 17.3. The van der Waals surface area contributed by atoms with E-state index < -0.39 is 10.0 Å². The number of aromatic nitrogens is 1. The van der Waals surface area contributed by atoms with Crippen LogP contribution in [0.3, 0.4) is 0 Å². The number of sulfonamides is 1. The fraction of sp³-hybridized carbons (Fsp3) is 0.500. The Kier molecular flexibility index (Phi) is 5.20. The predicted molar refractivity (Wildman–Crippen MR) is 93.0 cm³/mol. The van der Waals surface area contributed by atoms with Gasteiger partial charge in [-0.15, -0.1) is 0 Å². The molecule has 1 aromatic carbocycles. The van der Waals surface area contributed by atoms with E-state index in [1.165, 1.54) is 0 Å². The summed E-state index contributed by atoms with van der Waals surface area (Å²) in [6.45, 7) is 6.39. The Morgan fingerprint density at radius 2 is 2.05 bits per heavy atom. The Morgan fingerprint density at radius 3 is 2.73 bits per heavy atom. The summed E-state index contributed by atoms with van der Waals surface area (Å²) in [5.74, 6) is 0.180. The molecular weight excluding hydrogens is 320 g/mol. The van der Waals surface area contributed by atoms with Gasteiger partial charge in [0.15, 0.2) is 0 Å². The molecular formula is C16H23ClN2O2S. The van der Waals surface area contributed by atoms with Crippen LogP contribution in [-0.2, 0) is 15.4 Å². The lowest BCUT2D eigenvalue weighted by Gasteiger charge is -2.25. The second kappa shape index (κ2) is 6.60. The van der Waals surface area contributed by atoms with Crippen molar-refractivity contribution in [2.45, 2.75) is 39.0 Å². The molecule has 0 aliphatic heterocycles. The van der Waals surface area contributed by atoms with E-state index in [0.29, 0.717) is 18.0 Å². The van der Waals surface area contributed by atoms with E-state index in [1.807, 2.05) is 45.2 Å². The molecule has 0 atom stereocenters. The van der Waals surface area contributed by atoms with Crippen LogP contribution in [0.1, 0.15) is 39.2 Å². The van der Waals surface area contributed by atoms with Crippen molar-refractivity contribution in [3.8, 4) is 0 Å². The third kappa shape index (κ3) is 4.03. The molecule has 0 fully saturated rings. The van der Waals surface area contributed by atoms with E-state index in [2.05, 4.69) is 9.71 Å². The van der Waals surface area contributed by atoms with Crippen LogP contribution in [0.15, 0.2) is 24.4 Å². The van der Waals surface area contributed by atoms with E-state index in [9.17, 15) is 8.42 Å². The van der Waals surface area contributed by atoms with Crippen molar-refractivity contribution >= 4 is 32.5 Å². The number of nitrogens with one attached hydrogen (secondary N) is 2. The average Bonchev–Trinajstić information content (AvgIpc) is 2.87. The highest BCUT2D eigenvalue weighted by atomic mass is 35.5. The minimum atomic E-state index is -3.22. The minimum absolute atomic E-state index is 0.180. The number of benzene rings is 1. The second-order valence-corrected chi connectivity index (χ2v) is 8.63. The lowest BCUT2D eigenvalue weighted by Crippen LogP contribution is -2.37. The summed E-state index contributed by atoms with van der Waals surface area (Å²) in [6.07, 6.45) is 3.48. The molecule has 0 spiro atoms. The molecule has 2 rings (SSSR count). The number of rotatable bonds is 7. The maximum Gasteiger partial charge on any atom is 0.211 e. The Labute approximate surface area is 137 Å².